The molecular weight excluding hydrogens is 474 g/mol. The number of hydrogen-bond acceptors (Lipinski definition) is 7. The van der Waals surface area contributed by atoms with E-state index < -0.39 is 36.1 Å². The molecular formula is C20H14F6N4O2S. The molecule has 0 saturated heterocycles. The lowest BCUT2D eigenvalue weighted by molar-refractivity contribution is -0.254. The van der Waals surface area contributed by atoms with Crippen molar-refractivity contribution in [2.45, 2.75) is 24.5 Å². The van der Waals surface area contributed by atoms with E-state index >= 15 is 0 Å². The second-order valence-electron chi connectivity index (χ2n) is 6.96. The number of hydrogen-bond donors (Lipinski definition) is 1. The van der Waals surface area contributed by atoms with Crippen LogP contribution in [0.5, 0.6) is 5.75 Å². The number of aliphatic hydroxyl groups is 1. The Hall–Kier alpha value is -3.19. The first kappa shape index (κ1) is 23.0. The smallest absolute Gasteiger partial charge is 0.438 e. The predicted molar refractivity (Wildman–Crippen MR) is 108 cm³/mol. The van der Waals surface area contributed by atoms with E-state index in [0.717, 1.165) is 11.3 Å². The molecule has 0 saturated carbocycles. The van der Waals surface area contributed by atoms with Crippen LogP contribution in [0.1, 0.15) is 17.7 Å². The predicted octanol–water partition coefficient (Wildman–Crippen LogP) is 5.10. The molecule has 3 heterocycles. The molecule has 0 unspecified atom stereocenters. The standard InChI is InChI=1S/C20H14F6N4O2S/c1-32-14-6-3-2-5-11(14)13-10-18(31,20(24,25)26)30(29-13)17-27-12(15-7-4-8-33-15)9-16(28-17)19(21,22)23/h2-9,31H,10H2,1H3/t18-/m0/s1. The lowest BCUT2D eigenvalue weighted by Gasteiger charge is -2.32. The first-order valence-corrected chi connectivity index (χ1v) is 10.1. The molecule has 174 valence electrons. The Labute approximate surface area is 186 Å². The molecule has 0 aliphatic carbocycles. The molecule has 1 aliphatic rings. The molecule has 0 bridgehead atoms. The minimum absolute atomic E-state index is 0.0128. The van der Waals surface area contributed by atoms with Crippen LogP contribution in [-0.4, -0.2) is 39.8 Å². The highest BCUT2D eigenvalue weighted by Gasteiger charge is 2.63. The highest BCUT2D eigenvalue weighted by molar-refractivity contribution is 7.13. The summed E-state index contributed by atoms with van der Waals surface area (Å²) in [6, 6.07) is 9.63. The van der Waals surface area contributed by atoms with Crippen molar-refractivity contribution in [2.24, 2.45) is 5.10 Å². The summed E-state index contributed by atoms with van der Waals surface area (Å²) >= 11 is 1.04. The molecule has 0 radical (unpaired) electrons. The number of ether oxygens (including phenoxy) is 1. The molecule has 1 aliphatic heterocycles. The van der Waals surface area contributed by atoms with Gasteiger partial charge in [0.25, 0.3) is 5.72 Å². The number of aromatic nitrogens is 2. The number of rotatable bonds is 4. The average molecular weight is 488 g/mol. The van der Waals surface area contributed by atoms with Crippen molar-refractivity contribution in [2.75, 3.05) is 12.1 Å². The van der Waals surface area contributed by atoms with E-state index in [1.54, 1.807) is 17.5 Å². The van der Waals surface area contributed by atoms with Gasteiger partial charge in [0.05, 0.1) is 29.8 Å². The van der Waals surface area contributed by atoms with Crippen LogP contribution in [-0.2, 0) is 6.18 Å². The summed E-state index contributed by atoms with van der Waals surface area (Å²) in [6.07, 6.45) is -11.4. The van der Waals surface area contributed by atoms with Crippen LogP contribution >= 0.6 is 11.3 Å². The Balaban J connectivity index is 1.92. The van der Waals surface area contributed by atoms with Gasteiger partial charge in [0.1, 0.15) is 5.75 Å². The van der Waals surface area contributed by atoms with Gasteiger partial charge in [0.2, 0.25) is 5.95 Å². The lowest BCUT2D eigenvalue weighted by atomic mass is 10.0. The molecule has 1 aromatic carbocycles. The Morgan fingerprint density at radius 3 is 2.39 bits per heavy atom. The van der Waals surface area contributed by atoms with Crippen molar-refractivity contribution < 1.29 is 36.2 Å². The average Bonchev–Trinajstić information content (AvgIpc) is 3.41. The summed E-state index contributed by atoms with van der Waals surface area (Å²) < 4.78 is 87.6. The molecule has 3 aromatic rings. The van der Waals surface area contributed by atoms with Gasteiger partial charge in [-0.1, -0.05) is 18.2 Å². The third kappa shape index (κ3) is 4.13. The van der Waals surface area contributed by atoms with Gasteiger partial charge in [-0.25, -0.2) is 9.97 Å². The van der Waals surface area contributed by atoms with Gasteiger partial charge in [-0.15, -0.1) is 11.3 Å². The number of methoxy groups -OCH3 is 1. The number of para-hydroxylation sites is 1. The molecule has 13 heteroatoms. The van der Waals surface area contributed by atoms with E-state index in [-0.39, 0.29) is 32.6 Å². The quantitative estimate of drug-likeness (QED) is 0.518. The summed E-state index contributed by atoms with van der Waals surface area (Å²) in [4.78, 5) is 7.42. The van der Waals surface area contributed by atoms with Crippen LogP contribution in [0, 0.1) is 0 Å². The molecule has 0 fully saturated rings. The zero-order valence-electron chi connectivity index (χ0n) is 16.6. The monoisotopic (exact) mass is 488 g/mol. The summed E-state index contributed by atoms with van der Waals surface area (Å²) in [7, 11) is 1.30. The van der Waals surface area contributed by atoms with E-state index in [9.17, 15) is 31.4 Å². The summed E-state index contributed by atoms with van der Waals surface area (Å²) in [5, 5.41) is 16.0. The van der Waals surface area contributed by atoms with Gasteiger partial charge < -0.3 is 9.84 Å². The van der Waals surface area contributed by atoms with Crippen LogP contribution in [0.2, 0.25) is 0 Å². The van der Waals surface area contributed by atoms with Crippen LogP contribution in [0.25, 0.3) is 10.6 Å². The molecule has 2 aromatic heterocycles. The maximum absolute atomic E-state index is 14.0. The van der Waals surface area contributed by atoms with Gasteiger partial charge in [0.15, 0.2) is 5.69 Å². The molecule has 6 nitrogen and oxygen atoms in total. The van der Waals surface area contributed by atoms with Crippen molar-refractivity contribution in [1.82, 2.24) is 9.97 Å². The first-order valence-electron chi connectivity index (χ1n) is 9.24. The van der Waals surface area contributed by atoms with E-state index in [0.29, 0.717) is 6.07 Å². The number of halogens is 6. The van der Waals surface area contributed by atoms with Crippen LogP contribution in [0.15, 0.2) is 52.9 Å². The Bertz CT molecular complexity index is 1200. The minimum atomic E-state index is -5.30. The molecule has 0 amide bonds. The fourth-order valence-corrected chi connectivity index (χ4v) is 3.92. The first-order chi connectivity index (χ1) is 15.4. The van der Waals surface area contributed by atoms with Gasteiger partial charge in [0, 0.05) is 5.56 Å². The second-order valence-corrected chi connectivity index (χ2v) is 7.91. The number of alkyl halides is 6. The van der Waals surface area contributed by atoms with Crippen LogP contribution < -0.4 is 9.75 Å². The Morgan fingerprint density at radius 2 is 1.79 bits per heavy atom. The summed E-state index contributed by atoms with van der Waals surface area (Å²) in [6.45, 7) is 0. The fraction of sp³-hybridized carbons (Fsp3) is 0.250. The van der Waals surface area contributed by atoms with Gasteiger partial charge in [-0.05, 0) is 29.6 Å². The van der Waals surface area contributed by atoms with Crippen molar-refractivity contribution in [1.29, 1.82) is 0 Å². The second kappa shape index (κ2) is 7.99. The maximum atomic E-state index is 14.0. The molecule has 1 atom stereocenters. The third-order valence-corrected chi connectivity index (χ3v) is 5.72. The van der Waals surface area contributed by atoms with Gasteiger partial charge in [-0.2, -0.15) is 36.5 Å². The zero-order chi connectivity index (χ0) is 24.0. The largest absolute Gasteiger partial charge is 0.496 e. The Morgan fingerprint density at radius 1 is 1.06 bits per heavy atom. The highest BCUT2D eigenvalue weighted by Crippen LogP contribution is 2.44. The number of hydrazone groups is 1. The number of benzene rings is 1. The van der Waals surface area contributed by atoms with E-state index in [1.165, 1.54) is 31.4 Å². The van der Waals surface area contributed by atoms with Gasteiger partial charge in [-0.3, -0.25) is 0 Å². The van der Waals surface area contributed by atoms with E-state index in [2.05, 4.69) is 15.1 Å². The SMILES string of the molecule is COc1ccccc1C1=NN(c2nc(-c3cccs3)cc(C(F)(F)F)n2)[C@@](O)(C(F)(F)F)C1. The molecule has 1 N–H and O–H groups in total. The third-order valence-electron chi connectivity index (χ3n) is 4.82. The van der Waals surface area contributed by atoms with Crippen molar-refractivity contribution in [3.8, 4) is 16.3 Å². The van der Waals surface area contributed by atoms with Crippen molar-refractivity contribution in [3.05, 3.63) is 59.1 Å². The van der Waals surface area contributed by atoms with E-state index in [1.807, 2.05) is 0 Å². The topological polar surface area (TPSA) is 70.8 Å². The van der Waals surface area contributed by atoms with Crippen LogP contribution in [0.4, 0.5) is 32.3 Å². The summed E-state index contributed by atoms with van der Waals surface area (Å²) in [5.74, 6) is -0.871. The number of nitrogens with zero attached hydrogens (tertiary/aromatic N) is 4. The molecule has 0 spiro atoms. The maximum Gasteiger partial charge on any atom is 0.438 e. The van der Waals surface area contributed by atoms with Crippen molar-refractivity contribution >= 4 is 23.0 Å². The highest BCUT2D eigenvalue weighted by atomic mass is 32.1. The van der Waals surface area contributed by atoms with E-state index in [4.69, 9.17) is 4.74 Å². The van der Waals surface area contributed by atoms with Gasteiger partial charge >= 0.3 is 12.4 Å². The summed E-state index contributed by atoms with van der Waals surface area (Å²) in [5.41, 5.74) is -5.53. The number of anilines is 1. The minimum Gasteiger partial charge on any atom is -0.496 e. The zero-order valence-corrected chi connectivity index (χ0v) is 17.5. The fourth-order valence-electron chi connectivity index (χ4n) is 3.23. The van der Waals surface area contributed by atoms with Crippen LogP contribution in [0.3, 0.4) is 0 Å². The Kier molecular flexibility index (Phi) is 5.56. The molecule has 33 heavy (non-hydrogen) atoms. The normalized spacial score (nSPS) is 19.0. The lowest BCUT2D eigenvalue weighted by Crippen LogP contribution is -2.55. The van der Waals surface area contributed by atoms with Crippen molar-refractivity contribution in [3.63, 3.8) is 0 Å². The number of thiophene rings is 1. The molecule has 4 rings (SSSR count).